The third kappa shape index (κ3) is 23.2. The van der Waals surface area contributed by atoms with E-state index in [9.17, 15) is 18.8 Å². The molecular formula is C42H56FN5O6. The quantitative estimate of drug-likeness (QED) is 0.0355. The number of rotatable bonds is 17. The summed E-state index contributed by atoms with van der Waals surface area (Å²) in [6.45, 7) is 9.29. The van der Waals surface area contributed by atoms with Crippen LogP contribution < -0.4 is 22.9 Å². The number of hydrogen-bond acceptors (Lipinski definition) is 10. The summed E-state index contributed by atoms with van der Waals surface area (Å²) in [6.07, 6.45) is 1.41. The van der Waals surface area contributed by atoms with Gasteiger partial charge < -0.3 is 19.9 Å². The molecular weight excluding hydrogens is 688 g/mol. The summed E-state index contributed by atoms with van der Waals surface area (Å²) in [7, 11) is 0. The topological polar surface area (TPSA) is 195 Å². The monoisotopic (exact) mass is 744 g/mol. The zero-order valence-electron chi connectivity index (χ0n) is 31.7. The van der Waals surface area contributed by atoms with E-state index >= 15 is 0 Å². The summed E-state index contributed by atoms with van der Waals surface area (Å²) >= 11 is 0. The summed E-state index contributed by atoms with van der Waals surface area (Å²) in [5, 5.41) is 0. The molecule has 0 spiro atoms. The first-order valence-corrected chi connectivity index (χ1v) is 17.5. The number of aliphatic imine (C=N–C) groups is 1. The van der Waals surface area contributed by atoms with Gasteiger partial charge in [-0.25, -0.2) is 0 Å². The highest BCUT2D eigenvalue weighted by atomic mass is 18.2. The van der Waals surface area contributed by atoms with E-state index in [4.69, 9.17) is 22.9 Å². The van der Waals surface area contributed by atoms with Crippen molar-refractivity contribution in [2.24, 2.45) is 27.9 Å². The van der Waals surface area contributed by atoms with Crippen LogP contribution in [-0.2, 0) is 60.8 Å². The van der Waals surface area contributed by atoms with E-state index in [0.717, 1.165) is 34.2 Å². The number of benzene rings is 4. The number of carbonyl (C=O) groups excluding carboxylic acids is 3. The first-order valence-electron chi connectivity index (χ1n) is 17.5. The number of ether oxygens (including phenoxy) is 3. The predicted molar refractivity (Wildman–Crippen MR) is 212 cm³/mol. The number of amidine groups is 1. The fourth-order valence-corrected chi connectivity index (χ4v) is 4.60. The highest BCUT2D eigenvalue weighted by molar-refractivity contribution is 5.77. The van der Waals surface area contributed by atoms with Gasteiger partial charge in [0.1, 0.15) is 0 Å². The van der Waals surface area contributed by atoms with Gasteiger partial charge in [-0.2, -0.15) is 0 Å². The molecule has 0 aliphatic carbocycles. The number of alkyl halides is 1. The van der Waals surface area contributed by atoms with E-state index in [1.54, 1.807) is 6.92 Å². The van der Waals surface area contributed by atoms with Crippen LogP contribution >= 0.6 is 0 Å². The minimum absolute atomic E-state index is 0.260. The van der Waals surface area contributed by atoms with E-state index < -0.39 is 18.7 Å². The normalized spacial score (nSPS) is 12.0. The molecule has 0 aliphatic heterocycles. The first kappa shape index (κ1) is 46.6. The van der Waals surface area contributed by atoms with Gasteiger partial charge in [0.15, 0.2) is 18.7 Å². The smallest absolute Gasteiger partial charge is 0.294 e. The van der Waals surface area contributed by atoms with Crippen molar-refractivity contribution >= 4 is 25.3 Å². The van der Waals surface area contributed by atoms with Gasteiger partial charge in [-0.05, 0) is 68.4 Å². The molecule has 3 atom stereocenters. The van der Waals surface area contributed by atoms with Gasteiger partial charge in [-0.15, -0.1) is 0 Å². The van der Waals surface area contributed by atoms with Gasteiger partial charge in [-0.1, -0.05) is 114 Å². The Morgan fingerprint density at radius 2 is 0.963 bits per heavy atom. The Morgan fingerprint density at radius 1 is 0.611 bits per heavy atom. The Balaban J connectivity index is 0.000000361. The molecule has 292 valence electrons. The Morgan fingerprint density at radius 3 is 1.28 bits per heavy atom. The van der Waals surface area contributed by atoms with Gasteiger partial charge in [0.05, 0.1) is 19.1 Å². The fraction of sp³-hybridized carbons (Fsp3) is 0.333. The molecule has 0 saturated carbocycles. The van der Waals surface area contributed by atoms with Crippen molar-refractivity contribution in [1.82, 2.24) is 0 Å². The average Bonchev–Trinajstić information content (AvgIpc) is 3.14. The summed E-state index contributed by atoms with van der Waals surface area (Å²) in [6, 6.07) is 31.9. The summed E-state index contributed by atoms with van der Waals surface area (Å²) in [5.41, 5.74) is 31.1. The first-order chi connectivity index (χ1) is 25.9. The zero-order valence-corrected chi connectivity index (χ0v) is 31.7. The van der Waals surface area contributed by atoms with Gasteiger partial charge >= 0.3 is 0 Å². The molecule has 4 aromatic rings. The maximum absolute atomic E-state index is 12.0. The van der Waals surface area contributed by atoms with Crippen molar-refractivity contribution in [3.63, 3.8) is 0 Å². The second-order valence-corrected chi connectivity index (χ2v) is 12.5. The molecule has 0 amide bonds. The summed E-state index contributed by atoms with van der Waals surface area (Å²) in [5.74, 6) is 0.587. The van der Waals surface area contributed by atoms with Crippen LogP contribution in [0.3, 0.4) is 0 Å². The molecule has 0 bridgehead atoms. The zero-order chi connectivity index (χ0) is 40.1. The molecule has 0 aromatic heterocycles. The number of nitrogens with zero attached hydrogens (tertiary/aromatic N) is 1. The van der Waals surface area contributed by atoms with Crippen LogP contribution in [0.5, 0.6) is 0 Å². The molecule has 4 rings (SSSR count). The number of hydrogen-bond donors (Lipinski definition) is 4. The maximum Gasteiger partial charge on any atom is 0.294 e. The fourth-order valence-electron chi connectivity index (χ4n) is 4.60. The molecule has 8 N–H and O–H groups in total. The molecule has 0 radical (unpaired) electrons. The van der Waals surface area contributed by atoms with Crippen molar-refractivity contribution in [3.8, 4) is 0 Å². The molecule has 12 heteroatoms. The molecule has 0 fully saturated rings. The number of aryl methyl sites for hydroxylation is 4. The van der Waals surface area contributed by atoms with E-state index in [0.29, 0.717) is 57.5 Å². The largest absolute Gasteiger partial charge is 0.449 e. The standard InChI is InChI=1S/C12H17FN2.3C10H13NO2/c1-10(14)15-9-12-5-2-4-11(8-12)6-3-7-13;3*1-8-2-4-9(5-3-8)6-10(11)13-7-12/h2,4-5,8H,3,6-7,9H2,1H3,(H2,14,15);3*2-5,7,10H,6,11H2,1H3/t;3*10-/m.000/s1/i13-1;;;. The second kappa shape index (κ2) is 28.1. The van der Waals surface area contributed by atoms with E-state index in [2.05, 4.69) is 25.3 Å². The molecule has 0 saturated heterocycles. The van der Waals surface area contributed by atoms with Crippen LogP contribution in [0.15, 0.2) is 102 Å². The Kier molecular flexibility index (Phi) is 24.3. The lowest BCUT2D eigenvalue weighted by molar-refractivity contribution is -0.134. The predicted octanol–water partition coefficient (Wildman–Crippen LogP) is 5.45. The molecule has 11 nitrogen and oxygen atoms in total. The van der Waals surface area contributed by atoms with E-state index in [1.165, 1.54) is 16.7 Å². The van der Waals surface area contributed by atoms with E-state index in [1.807, 2.05) is 112 Å². The minimum Gasteiger partial charge on any atom is -0.449 e. The third-order valence-corrected chi connectivity index (χ3v) is 7.47. The lowest BCUT2D eigenvalue weighted by Crippen LogP contribution is -2.25. The SMILES string of the molecule is CC(N)=NCc1cccc(CCC[18F])c1.Cc1ccc(C[C@@H](N)OC=O)cc1.Cc1ccc(C[C@@H](N)OC=O)cc1.Cc1ccc(C[C@@H](N)OC=O)cc1. The third-order valence-electron chi connectivity index (χ3n) is 7.47. The second-order valence-electron chi connectivity index (χ2n) is 12.5. The highest BCUT2D eigenvalue weighted by Crippen LogP contribution is 2.10. The molecule has 54 heavy (non-hydrogen) atoms. The molecule has 0 unspecified atom stereocenters. The van der Waals surface area contributed by atoms with Crippen LogP contribution in [0.2, 0.25) is 0 Å². The number of carbonyl (C=O) groups is 3. The van der Waals surface area contributed by atoms with E-state index in [-0.39, 0.29) is 6.67 Å². The lowest BCUT2D eigenvalue weighted by atomic mass is 10.1. The van der Waals surface area contributed by atoms with Gasteiger partial charge in [0.25, 0.3) is 19.4 Å². The van der Waals surface area contributed by atoms with Gasteiger partial charge in [0.2, 0.25) is 0 Å². The van der Waals surface area contributed by atoms with Crippen LogP contribution in [0.1, 0.15) is 57.9 Å². The van der Waals surface area contributed by atoms with Crippen LogP contribution in [0, 0.1) is 20.8 Å². The molecule has 0 heterocycles. The Hall–Kier alpha value is -5.43. The van der Waals surface area contributed by atoms with Crippen molar-refractivity contribution in [1.29, 1.82) is 0 Å². The highest BCUT2D eigenvalue weighted by Gasteiger charge is 2.04. The van der Waals surface area contributed by atoms with Crippen molar-refractivity contribution < 1.29 is 33.0 Å². The Bertz CT molecular complexity index is 1490. The summed E-state index contributed by atoms with van der Waals surface area (Å²) in [4.78, 5) is 34.0. The van der Waals surface area contributed by atoms with Crippen molar-refractivity contribution in [2.45, 2.75) is 85.0 Å². The van der Waals surface area contributed by atoms with Gasteiger partial charge in [0, 0.05) is 19.3 Å². The van der Waals surface area contributed by atoms with Gasteiger partial charge in [-0.3, -0.25) is 41.0 Å². The van der Waals surface area contributed by atoms with Crippen LogP contribution in [0.25, 0.3) is 0 Å². The maximum atomic E-state index is 12.0. The Labute approximate surface area is 318 Å². The number of halogens is 1. The lowest BCUT2D eigenvalue weighted by Gasteiger charge is -2.08. The number of nitrogens with two attached hydrogens (primary N) is 4. The van der Waals surface area contributed by atoms with Crippen LogP contribution in [-0.4, -0.2) is 50.6 Å². The van der Waals surface area contributed by atoms with Crippen molar-refractivity contribution in [3.05, 3.63) is 142 Å². The molecule has 4 aromatic carbocycles. The minimum atomic E-state index is -0.541. The summed E-state index contributed by atoms with van der Waals surface area (Å²) < 4.78 is 25.7. The van der Waals surface area contributed by atoms with Crippen LogP contribution in [0.4, 0.5) is 4.39 Å². The average molecular weight is 745 g/mol. The van der Waals surface area contributed by atoms with Crippen molar-refractivity contribution in [2.75, 3.05) is 6.67 Å². The molecule has 0 aliphatic rings.